The van der Waals surface area contributed by atoms with Crippen LogP contribution in [-0.4, -0.2) is 44.6 Å². The van der Waals surface area contributed by atoms with Gasteiger partial charge < -0.3 is 15.5 Å². The first kappa shape index (κ1) is 22.0. The molecule has 1 atom stereocenters. The van der Waals surface area contributed by atoms with E-state index in [-0.39, 0.29) is 11.5 Å². The molecule has 2 aromatic rings. The molecule has 28 heavy (non-hydrogen) atoms. The zero-order chi connectivity index (χ0) is 21.0. The van der Waals surface area contributed by atoms with E-state index in [0.717, 1.165) is 4.57 Å². The maximum absolute atomic E-state index is 14.2. The van der Waals surface area contributed by atoms with Gasteiger partial charge in [-0.25, -0.2) is 14.7 Å². The molecule has 0 aliphatic rings. The Balaban J connectivity index is 2.47. The number of nitrogens with zero attached hydrogens (tertiary/aromatic N) is 2. The smallest absolute Gasteiger partial charge is 0.332 e. The molecule has 1 amide bonds. The molecule has 1 heterocycles. The van der Waals surface area contributed by atoms with Crippen LogP contribution in [0.3, 0.4) is 0 Å². The van der Waals surface area contributed by atoms with Crippen molar-refractivity contribution in [3.63, 3.8) is 0 Å². The summed E-state index contributed by atoms with van der Waals surface area (Å²) in [6.07, 6.45) is -1.23. The second-order valence-corrected chi connectivity index (χ2v) is 7.00. The van der Waals surface area contributed by atoms with E-state index < -0.39 is 47.9 Å². The average molecular weight is 508 g/mol. The van der Waals surface area contributed by atoms with Gasteiger partial charge in [-0.1, -0.05) is 0 Å². The lowest BCUT2D eigenvalue weighted by molar-refractivity contribution is -0.0295. The van der Waals surface area contributed by atoms with E-state index in [1.807, 2.05) is 28.1 Å². The van der Waals surface area contributed by atoms with Gasteiger partial charge in [-0.2, -0.15) is 0 Å². The number of halogens is 2. The highest BCUT2D eigenvalue weighted by Gasteiger charge is 2.23. The SMILES string of the molecule is Cn1c(Nc2ccc(I)cc2F)c(C(=O)NOC[C@@H](O)CO)c(=O)n(C)c1=O. The summed E-state index contributed by atoms with van der Waals surface area (Å²) in [5.74, 6) is -1.90. The maximum atomic E-state index is 14.2. The molecular formula is C16H18FIN4O6. The number of hydroxylamine groups is 1. The Morgan fingerprint density at radius 3 is 2.61 bits per heavy atom. The Bertz CT molecular complexity index is 1010. The van der Waals surface area contributed by atoms with Crippen LogP contribution in [0.4, 0.5) is 15.9 Å². The van der Waals surface area contributed by atoms with Crippen molar-refractivity contribution in [2.45, 2.75) is 6.10 Å². The number of aromatic nitrogens is 2. The van der Waals surface area contributed by atoms with Crippen molar-refractivity contribution >= 4 is 40.0 Å². The predicted molar refractivity (Wildman–Crippen MR) is 106 cm³/mol. The minimum Gasteiger partial charge on any atom is -0.394 e. The van der Waals surface area contributed by atoms with E-state index in [4.69, 9.17) is 9.94 Å². The molecule has 1 aromatic heterocycles. The number of anilines is 2. The number of rotatable bonds is 7. The molecule has 10 nitrogen and oxygen atoms in total. The normalized spacial score (nSPS) is 11.9. The summed E-state index contributed by atoms with van der Waals surface area (Å²) in [5, 5.41) is 20.6. The third kappa shape index (κ3) is 4.76. The molecule has 0 saturated heterocycles. The Labute approximate surface area is 171 Å². The van der Waals surface area contributed by atoms with Crippen molar-refractivity contribution in [3.8, 4) is 0 Å². The Kier molecular flexibility index (Phi) is 7.29. The minimum atomic E-state index is -1.23. The van der Waals surface area contributed by atoms with Gasteiger partial charge in [-0.05, 0) is 40.8 Å². The number of aliphatic hydroxyl groups is 2. The number of amides is 1. The van der Waals surface area contributed by atoms with Gasteiger partial charge in [-0.15, -0.1) is 0 Å². The average Bonchev–Trinajstić information content (AvgIpc) is 2.66. The van der Waals surface area contributed by atoms with Gasteiger partial charge in [0.05, 0.1) is 12.3 Å². The summed E-state index contributed by atoms with van der Waals surface area (Å²) in [5.41, 5.74) is -0.251. The summed E-state index contributed by atoms with van der Waals surface area (Å²) in [6.45, 7) is -1.01. The van der Waals surface area contributed by atoms with Crippen molar-refractivity contribution in [1.82, 2.24) is 14.6 Å². The van der Waals surface area contributed by atoms with Gasteiger partial charge in [0.25, 0.3) is 11.5 Å². The molecule has 2 rings (SSSR count). The molecule has 152 valence electrons. The quantitative estimate of drug-likeness (QED) is 0.295. The standard InChI is InChI=1S/C16H18FIN4O6/c1-21-13(19-11-4-3-8(18)5-10(11)17)12(15(26)22(2)16(21)27)14(25)20-28-7-9(24)6-23/h3-5,9,19,23-24H,6-7H2,1-2H3,(H,20,25)/t9-/m0/s1. The lowest BCUT2D eigenvalue weighted by atomic mass is 10.2. The molecule has 0 spiro atoms. The Hall–Kier alpha value is -2.29. The van der Waals surface area contributed by atoms with Crippen LogP contribution in [0.2, 0.25) is 0 Å². The monoisotopic (exact) mass is 508 g/mol. The maximum Gasteiger partial charge on any atom is 0.332 e. The number of hydrogen-bond donors (Lipinski definition) is 4. The Morgan fingerprint density at radius 2 is 2.00 bits per heavy atom. The number of carbonyl (C=O) groups excluding carboxylic acids is 1. The van der Waals surface area contributed by atoms with Crippen molar-refractivity contribution in [2.24, 2.45) is 14.1 Å². The lowest BCUT2D eigenvalue weighted by Gasteiger charge is -2.17. The molecule has 0 bridgehead atoms. The number of nitrogens with one attached hydrogen (secondary N) is 2. The molecule has 4 N–H and O–H groups in total. The Morgan fingerprint density at radius 1 is 1.32 bits per heavy atom. The second kappa shape index (κ2) is 9.27. The zero-order valence-electron chi connectivity index (χ0n) is 14.9. The van der Waals surface area contributed by atoms with Gasteiger partial charge in [0.1, 0.15) is 29.9 Å². The predicted octanol–water partition coefficient (Wildman–Crippen LogP) is -0.414. The van der Waals surface area contributed by atoms with Crippen LogP contribution >= 0.6 is 22.6 Å². The molecule has 0 radical (unpaired) electrons. The first-order valence-corrected chi connectivity index (χ1v) is 8.98. The summed E-state index contributed by atoms with van der Waals surface area (Å²) in [7, 11) is 2.49. The van der Waals surface area contributed by atoms with E-state index >= 15 is 0 Å². The van der Waals surface area contributed by atoms with Gasteiger partial charge in [0.2, 0.25) is 0 Å². The second-order valence-electron chi connectivity index (χ2n) is 5.76. The summed E-state index contributed by atoms with van der Waals surface area (Å²) < 4.78 is 16.5. The van der Waals surface area contributed by atoms with Crippen LogP contribution in [0.1, 0.15) is 10.4 Å². The molecule has 0 fully saturated rings. The highest BCUT2D eigenvalue weighted by molar-refractivity contribution is 14.1. The zero-order valence-corrected chi connectivity index (χ0v) is 17.1. The topological polar surface area (TPSA) is 135 Å². The number of carbonyl (C=O) groups is 1. The minimum absolute atomic E-state index is 0.0469. The molecular weight excluding hydrogens is 490 g/mol. The van der Waals surface area contributed by atoms with Gasteiger partial charge in [0.15, 0.2) is 0 Å². The number of hydrogen-bond acceptors (Lipinski definition) is 7. The van der Waals surface area contributed by atoms with Crippen molar-refractivity contribution in [3.05, 3.63) is 54.0 Å². The van der Waals surface area contributed by atoms with E-state index in [1.165, 1.54) is 26.2 Å². The van der Waals surface area contributed by atoms with E-state index in [1.54, 1.807) is 6.07 Å². The number of benzene rings is 1. The molecule has 12 heteroatoms. The largest absolute Gasteiger partial charge is 0.394 e. The highest BCUT2D eigenvalue weighted by atomic mass is 127. The van der Waals surface area contributed by atoms with E-state index in [0.29, 0.717) is 8.14 Å². The van der Waals surface area contributed by atoms with Crippen molar-refractivity contribution < 1.29 is 24.2 Å². The van der Waals surface area contributed by atoms with E-state index in [9.17, 15) is 23.9 Å². The fourth-order valence-corrected chi connectivity index (χ4v) is 2.67. The van der Waals surface area contributed by atoms with Crippen LogP contribution in [-0.2, 0) is 18.9 Å². The highest BCUT2D eigenvalue weighted by Crippen LogP contribution is 2.22. The fraction of sp³-hybridized carbons (Fsp3) is 0.312. The number of aliphatic hydroxyl groups excluding tert-OH is 2. The van der Waals surface area contributed by atoms with Crippen LogP contribution in [0.25, 0.3) is 0 Å². The fourth-order valence-electron chi connectivity index (χ4n) is 2.22. The van der Waals surface area contributed by atoms with Crippen LogP contribution in [0.15, 0.2) is 27.8 Å². The lowest BCUT2D eigenvalue weighted by Crippen LogP contribution is -2.44. The molecule has 1 aromatic carbocycles. The molecule has 0 saturated carbocycles. The van der Waals surface area contributed by atoms with Gasteiger partial charge >= 0.3 is 5.69 Å². The van der Waals surface area contributed by atoms with Gasteiger partial charge in [-0.3, -0.25) is 23.6 Å². The van der Waals surface area contributed by atoms with E-state index in [2.05, 4.69) is 5.32 Å². The van der Waals surface area contributed by atoms with Crippen LogP contribution < -0.4 is 22.0 Å². The van der Waals surface area contributed by atoms with Crippen molar-refractivity contribution in [2.75, 3.05) is 18.5 Å². The summed E-state index contributed by atoms with van der Waals surface area (Å²) in [4.78, 5) is 41.9. The van der Waals surface area contributed by atoms with Crippen molar-refractivity contribution in [1.29, 1.82) is 0 Å². The third-order valence-electron chi connectivity index (χ3n) is 3.73. The first-order chi connectivity index (χ1) is 13.2. The summed E-state index contributed by atoms with van der Waals surface area (Å²) >= 11 is 1.92. The first-order valence-electron chi connectivity index (χ1n) is 7.90. The molecule has 0 aliphatic heterocycles. The summed E-state index contributed by atoms with van der Waals surface area (Å²) in [6, 6.07) is 4.24. The third-order valence-corrected chi connectivity index (χ3v) is 4.40. The molecule has 0 unspecified atom stereocenters. The van der Waals surface area contributed by atoms with Crippen LogP contribution in [0.5, 0.6) is 0 Å². The molecule has 0 aliphatic carbocycles. The van der Waals surface area contributed by atoms with Crippen LogP contribution in [0, 0.1) is 9.39 Å². The van der Waals surface area contributed by atoms with Gasteiger partial charge in [0, 0.05) is 17.7 Å².